The average molecular weight is 832 g/mol. The van der Waals surface area contributed by atoms with Crippen molar-refractivity contribution >= 4 is 34.7 Å². The van der Waals surface area contributed by atoms with E-state index < -0.39 is 18.2 Å². The topological polar surface area (TPSA) is 182 Å². The molecule has 0 aliphatic carbocycles. The van der Waals surface area contributed by atoms with Crippen LogP contribution in [-0.2, 0) is 9.59 Å². The molecule has 316 valence electrons. The molecular weight excluding hydrogens is 775 g/mol. The Morgan fingerprint density at radius 2 is 1.65 bits per heavy atom. The lowest BCUT2D eigenvalue weighted by atomic mass is 9.83. The molecule has 60 heavy (non-hydrogen) atoms. The number of nitrogens with zero attached hydrogens (tertiary/aromatic N) is 5. The minimum atomic E-state index is -0.758. The number of nitrogens with one attached hydrogen (secondary N) is 3. The zero-order valence-corrected chi connectivity index (χ0v) is 35.9. The smallest absolute Gasteiger partial charge is 0.243 e. The average Bonchev–Trinajstić information content (AvgIpc) is 3.85. The van der Waals surface area contributed by atoms with Crippen LogP contribution in [0.3, 0.4) is 0 Å². The normalized spacial score (nSPS) is 18.6. The highest BCUT2D eigenvalue weighted by Crippen LogP contribution is 2.34. The molecule has 2 aliphatic rings. The number of aryl methyl sites for hydroxylation is 1. The van der Waals surface area contributed by atoms with E-state index in [1.807, 2.05) is 80.0 Å². The van der Waals surface area contributed by atoms with Gasteiger partial charge in [-0.2, -0.15) is 0 Å². The van der Waals surface area contributed by atoms with Gasteiger partial charge in [-0.1, -0.05) is 69.3 Å². The second kappa shape index (κ2) is 18.5. The Bertz CT molecular complexity index is 2250. The molecule has 0 saturated carbocycles. The number of β-amino-alcohol motifs (C(OH)–C–C–N with tert-alkyl or cyclic N) is 1. The van der Waals surface area contributed by atoms with Crippen molar-refractivity contribution in [3.05, 3.63) is 95.6 Å². The van der Waals surface area contributed by atoms with Crippen LogP contribution in [0.15, 0.2) is 84.4 Å². The molecule has 7 rings (SSSR count). The molecule has 2 fully saturated rings. The van der Waals surface area contributed by atoms with Crippen LogP contribution in [0.1, 0.15) is 64.3 Å². The van der Waals surface area contributed by atoms with E-state index in [-0.39, 0.29) is 42.0 Å². The maximum Gasteiger partial charge on any atom is 0.243 e. The van der Waals surface area contributed by atoms with E-state index in [2.05, 4.69) is 56.8 Å². The van der Waals surface area contributed by atoms with Gasteiger partial charge in [-0.25, -0.2) is 4.98 Å². The number of para-hydroxylation sites is 1. The number of aliphatic hydroxyl groups is 1. The lowest BCUT2D eigenvalue weighted by Crippen LogP contribution is -2.60. The highest BCUT2D eigenvalue weighted by Gasteiger charge is 2.46. The predicted octanol–water partition coefficient (Wildman–Crippen LogP) is 6.25. The lowest BCUT2D eigenvalue weighted by Gasteiger charge is -2.44. The van der Waals surface area contributed by atoms with Crippen molar-refractivity contribution in [2.75, 3.05) is 43.8 Å². The van der Waals surface area contributed by atoms with E-state index in [9.17, 15) is 19.8 Å². The van der Waals surface area contributed by atoms with Gasteiger partial charge in [-0.05, 0) is 79.1 Å². The Labute approximate surface area is 356 Å². The Hall–Kier alpha value is -5.41. The largest absolute Gasteiger partial charge is 0.507 e. The van der Waals surface area contributed by atoms with Crippen LogP contribution < -0.4 is 21.7 Å². The number of carbonyl (C=O) groups is 2. The SMILES string of the molecule is Cc1ncsc1-c1ccc([C@H](C)NC(=O)[C@@H]2C[C@@H](O)CN2C(=O)C(N2CCC(NCCNc3ccc(-c4cc(-c5ccccc5O)nnc4N)cc3)CC2)C(C)(C)C)cc1. The summed E-state index contributed by atoms with van der Waals surface area (Å²) in [5, 5.41) is 39.7. The quantitative estimate of drug-likeness (QED) is 0.0739. The summed E-state index contributed by atoms with van der Waals surface area (Å²) >= 11 is 1.60. The Morgan fingerprint density at radius 1 is 0.950 bits per heavy atom. The van der Waals surface area contributed by atoms with Crippen molar-refractivity contribution in [1.29, 1.82) is 0 Å². The van der Waals surface area contributed by atoms with Crippen LogP contribution >= 0.6 is 11.3 Å². The van der Waals surface area contributed by atoms with Crippen molar-refractivity contribution in [2.45, 2.75) is 84.2 Å². The highest BCUT2D eigenvalue weighted by molar-refractivity contribution is 7.13. The van der Waals surface area contributed by atoms with Gasteiger partial charge < -0.3 is 36.8 Å². The van der Waals surface area contributed by atoms with Crippen molar-refractivity contribution in [1.82, 2.24) is 35.6 Å². The third kappa shape index (κ3) is 9.79. The van der Waals surface area contributed by atoms with E-state index in [0.717, 1.165) is 77.5 Å². The zero-order valence-electron chi connectivity index (χ0n) is 35.1. The first kappa shape index (κ1) is 42.7. The van der Waals surface area contributed by atoms with E-state index in [1.165, 1.54) is 0 Å². The maximum absolute atomic E-state index is 14.5. The summed E-state index contributed by atoms with van der Waals surface area (Å²) in [5.41, 5.74) is 14.5. The van der Waals surface area contributed by atoms with Gasteiger partial charge in [0.1, 0.15) is 11.8 Å². The number of nitrogen functional groups attached to an aromatic ring is 1. The Morgan fingerprint density at radius 3 is 2.32 bits per heavy atom. The van der Waals surface area contributed by atoms with Gasteiger partial charge in [-0.3, -0.25) is 14.5 Å². The molecule has 7 N–H and O–H groups in total. The Kier molecular flexibility index (Phi) is 13.1. The zero-order chi connectivity index (χ0) is 42.6. The number of phenols is 1. The molecule has 1 unspecified atom stereocenters. The molecule has 5 aromatic rings. The maximum atomic E-state index is 14.5. The number of aromatic hydroxyl groups is 1. The van der Waals surface area contributed by atoms with Crippen LogP contribution in [0.4, 0.5) is 11.5 Å². The third-order valence-corrected chi connectivity index (χ3v) is 12.7. The molecular formula is C46H57N9O4S. The number of piperidine rings is 1. The van der Waals surface area contributed by atoms with Gasteiger partial charge in [0.15, 0.2) is 5.82 Å². The van der Waals surface area contributed by atoms with Gasteiger partial charge >= 0.3 is 0 Å². The molecule has 13 nitrogen and oxygen atoms in total. The van der Waals surface area contributed by atoms with Crippen molar-refractivity contribution in [2.24, 2.45) is 5.41 Å². The van der Waals surface area contributed by atoms with Crippen LogP contribution in [0.25, 0.3) is 32.8 Å². The molecule has 2 aromatic heterocycles. The molecule has 2 amide bonds. The number of rotatable bonds is 13. The fourth-order valence-corrected chi connectivity index (χ4v) is 9.31. The van der Waals surface area contributed by atoms with Gasteiger partial charge in [0.25, 0.3) is 0 Å². The number of aromatic nitrogens is 3. The minimum Gasteiger partial charge on any atom is -0.507 e. The van der Waals surface area contributed by atoms with Crippen molar-refractivity contribution in [3.63, 3.8) is 0 Å². The third-order valence-electron chi connectivity index (χ3n) is 11.7. The number of anilines is 2. The van der Waals surface area contributed by atoms with Crippen LogP contribution in [-0.4, -0.2) is 104 Å². The lowest BCUT2D eigenvalue weighted by molar-refractivity contribution is -0.147. The van der Waals surface area contributed by atoms with Crippen LogP contribution in [0.2, 0.25) is 0 Å². The predicted molar refractivity (Wildman–Crippen MR) is 238 cm³/mol. The summed E-state index contributed by atoms with van der Waals surface area (Å²) in [6.45, 7) is 13.3. The fourth-order valence-electron chi connectivity index (χ4n) is 8.50. The standard InChI is InChI=1S/C46H57N9O4S/c1-28(30-10-12-32(13-11-30)41-29(2)50-27-60-41)51-44(58)39-24-35(56)26-55(39)45(59)42(46(3,4)5)54-22-18-34(19-23-54)49-21-20-48-33-16-14-31(15-17-33)37-25-38(52-53-43(37)47)36-8-6-7-9-40(36)57/h6-17,25,27-28,34-35,39,42,48-49,56-57H,18-24,26H2,1-5H3,(H2,47,53)(H,51,58)/t28-,35+,39-,42?/m0/s1. The van der Waals surface area contributed by atoms with E-state index in [4.69, 9.17) is 5.73 Å². The molecule has 14 heteroatoms. The van der Waals surface area contributed by atoms with Crippen molar-refractivity contribution < 1.29 is 19.8 Å². The number of aliphatic hydroxyl groups excluding tert-OH is 1. The molecule has 0 radical (unpaired) electrons. The van der Waals surface area contributed by atoms with E-state index in [0.29, 0.717) is 23.1 Å². The number of nitrogens with two attached hydrogens (primary N) is 1. The molecule has 4 heterocycles. The van der Waals surface area contributed by atoms with Gasteiger partial charge in [0.2, 0.25) is 11.8 Å². The van der Waals surface area contributed by atoms with Gasteiger partial charge in [0, 0.05) is 62.0 Å². The number of phenolic OH excluding ortho intramolecular Hbond substituents is 1. The molecule has 0 bridgehead atoms. The first-order chi connectivity index (χ1) is 28.8. The van der Waals surface area contributed by atoms with Crippen molar-refractivity contribution in [3.8, 4) is 38.6 Å². The highest BCUT2D eigenvalue weighted by atomic mass is 32.1. The molecule has 0 spiro atoms. The first-order valence-corrected chi connectivity index (χ1v) is 21.7. The molecule has 4 atom stereocenters. The summed E-state index contributed by atoms with van der Waals surface area (Å²) in [6, 6.07) is 23.9. The monoisotopic (exact) mass is 831 g/mol. The number of thiazole rings is 1. The summed E-state index contributed by atoms with van der Waals surface area (Å²) in [6.07, 6.45) is 1.24. The fraction of sp³-hybridized carbons (Fsp3) is 0.413. The first-order valence-electron chi connectivity index (χ1n) is 20.8. The minimum absolute atomic E-state index is 0.100. The van der Waals surface area contributed by atoms with Crippen LogP contribution in [0.5, 0.6) is 5.75 Å². The number of benzene rings is 3. The number of carbonyl (C=O) groups excluding carboxylic acids is 2. The Balaban J connectivity index is 0.893. The van der Waals surface area contributed by atoms with Crippen LogP contribution in [0, 0.1) is 12.3 Å². The second-order valence-corrected chi connectivity index (χ2v) is 18.0. The number of hydrogen-bond donors (Lipinski definition) is 6. The summed E-state index contributed by atoms with van der Waals surface area (Å²) in [7, 11) is 0. The molecule has 2 saturated heterocycles. The van der Waals surface area contributed by atoms with Gasteiger partial charge in [-0.15, -0.1) is 21.5 Å². The number of amides is 2. The summed E-state index contributed by atoms with van der Waals surface area (Å²) in [4.78, 5) is 37.6. The summed E-state index contributed by atoms with van der Waals surface area (Å²) in [5.74, 6) is 0.103. The molecule has 2 aliphatic heterocycles. The van der Waals surface area contributed by atoms with E-state index in [1.54, 1.807) is 34.4 Å². The van der Waals surface area contributed by atoms with E-state index >= 15 is 0 Å². The summed E-state index contributed by atoms with van der Waals surface area (Å²) < 4.78 is 0. The molecule has 3 aromatic carbocycles. The second-order valence-electron chi connectivity index (χ2n) is 17.1. The van der Waals surface area contributed by atoms with Gasteiger partial charge in [0.05, 0.1) is 40.0 Å². The number of hydrogen-bond acceptors (Lipinski definition) is 12. The number of likely N-dealkylation sites (tertiary alicyclic amines) is 2.